The first kappa shape index (κ1) is 15.9. The van der Waals surface area contributed by atoms with Gasteiger partial charge in [-0.05, 0) is 31.5 Å². The van der Waals surface area contributed by atoms with E-state index in [1.165, 1.54) is 6.07 Å². The number of halogens is 2. The Morgan fingerprint density at radius 3 is 2.64 bits per heavy atom. The molecule has 3 nitrogen and oxygen atoms in total. The van der Waals surface area contributed by atoms with Crippen molar-refractivity contribution in [1.29, 1.82) is 0 Å². The third-order valence-electron chi connectivity index (χ3n) is 3.26. The summed E-state index contributed by atoms with van der Waals surface area (Å²) in [6.45, 7) is 3.34. The van der Waals surface area contributed by atoms with Crippen molar-refractivity contribution in [2.75, 3.05) is 6.61 Å². The zero-order valence-corrected chi connectivity index (χ0v) is 12.4. The molecule has 1 amide bonds. The minimum atomic E-state index is -0.687. The van der Waals surface area contributed by atoms with Gasteiger partial charge >= 0.3 is 0 Å². The van der Waals surface area contributed by atoms with Gasteiger partial charge in [-0.15, -0.1) is 0 Å². The lowest BCUT2D eigenvalue weighted by molar-refractivity contribution is -0.123. The van der Waals surface area contributed by atoms with Gasteiger partial charge < -0.3 is 10.1 Å². The van der Waals surface area contributed by atoms with Crippen LogP contribution in [0, 0.1) is 18.6 Å². The summed E-state index contributed by atoms with van der Waals surface area (Å²) in [4.78, 5) is 11.9. The van der Waals surface area contributed by atoms with Crippen LogP contribution in [-0.4, -0.2) is 12.5 Å². The molecule has 0 spiro atoms. The summed E-state index contributed by atoms with van der Waals surface area (Å²) in [5.41, 5.74) is 1.15. The van der Waals surface area contributed by atoms with Crippen LogP contribution in [0.1, 0.15) is 24.1 Å². The first-order chi connectivity index (χ1) is 10.5. The van der Waals surface area contributed by atoms with Crippen LogP contribution in [0.5, 0.6) is 5.75 Å². The highest BCUT2D eigenvalue weighted by atomic mass is 19.1. The van der Waals surface area contributed by atoms with Crippen LogP contribution in [0.25, 0.3) is 0 Å². The third kappa shape index (κ3) is 4.04. The van der Waals surface area contributed by atoms with Gasteiger partial charge in [0.25, 0.3) is 5.91 Å². The van der Waals surface area contributed by atoms with Gasteiger partial charge in [0.05, 0.1) is 6.04 Å². The molecule has 116 valence electrons. The monoisotopic (exact) mass is 305 g/mol. The van der Waals surface area contributed by atoms with Crippen molar-refractivity contribution in [3.63, 3.8) is 0 Å². The molecule has 2 aromatic carbocycles. The Balaban J connectivity index is 1.93. The molecular formula is C17H17F2NO2. The molecule has 2 rings (SSSR count). The van der Waals surface area contributed by atoms with Gasteiger partial charge in [0.1, 0.15) is 17.4 Å². The van der Waals surface area contributed by atoms with Gasteiger partial charge in [0, 0.05) is 11.6 Å². The van der Waals surface area contributed by atoms with E-state index in [2.05, 4.69) is 5.32 Å². The first-order valence-electron chi connectivity index (χ1n) is 6.90. The van der Waals surface area contributed by atoms with Crippen LogP contribution < -0.4 is 10.1 Å². The average Bonchev–Trinajstić information content (AvgIpc) is 2.46. The number of nitrogens with one attached hydrogen (secondary N) is 1. The molecule has 0 bridgehead atoms. The lowest BCUT2D eigenvalue weighted by atomic mass is 10.1. The number of hydrogen-bond acceptors (Lipinski definition) is 2. The summed E-state index contributed by atoms with van der Waals surface area (Å²) < 4.78 is 31.9. The second-order valence-electron chi connectivity index (χ2n) is 5.01. The highest BCUT2D eigenvalue weighted by molar-refractivity contribution is 5.78. The van der Waals surface area contributed by atoms with Gasteiger partial charge in [0.2, 0.25) is 0 Å². The minimum absolute atomic E-state index is 0.169. The second-order valence-corrected chi connectivity index (χ2v) is 5.01. The number of benzene rings is 2. The zero-order chi connectivity index (χ0) is 16.1. The Bertz CT molecular complexity index is 673. The molecule has 0 aliphatic rings. The molecule has 0 aliphatic heterocycles. The molecule has 2 aromatic rings. The SMILES string of the molecule is Cc1ccccc1OCC(=O)N[C@@H](C)c1ccc(F)cc1F. The minimum Gasteiger partial charge on any atom is -0.484 e. The molecule has 0 fully saturated rings. The molecular weight excluding hydrogens is 288 g/mol. The lowest BCUT2D eigenvalue weighted by Crippen LogP contribution is -2.31. The standard InChI is InChI=1S/C17H17F2NO2/c1-11-5-3-4-6-16(11)22-10-17(21)20-12(2)14-8-7-13(18)9-15(14)19/h3-9,12H,10H2,1-2H3,(H,20,21)/t12-/m0/s1. The topological polar surface area (TPSA) is 38.3 Å². The number of aryl methyl sites for hydroxylation is 1. The molecule has 0 heterocycles. The van der Waals surface area contributed by atoms with E-state index in [0.29, 0.717) is 5.75 Å². The van der Waals surface area contributed by atoms with Crippen molar-refractivity contribution in [1.82, 2.24) is 5.32 Å². The summed E-state index contributed by atoms with van der Waals surface area (Å²) in [5, 5.41) is 2.62. The van der Waals surface area contributed by atoms with Gasteiger partial charge in [-0.1, -0.05) is 24.3 Å². The maximum absolute atomic E-state index is 13.6. The number of amides is 1. The number of hydrogen-bond donors (Lipinski definition) is 1. The average molecular weight is 305 g/mol. The number of rotatable bonds is 5. The largest absolute Gasteiger partial charge is 0.484 e. The Labute approximate surface area is 127 Å². The summed E-state index contributed by atoms with van der Waals surface area (Å²) in [5.74, 6) is -1.09. The van der Waals surface area contributed by atoms with Crippen molar-refractivity contribution in [2.45, 2.75) is 19.9 Å². The molecule has 0 unspecified atom stereocenters. The summed E-state index contributed by atoms with van der Waals surface area (Å²) in [6.07, 6.45) is 0. The molecule has 0 aromatic heterocycles. The normalized spacial score (nSPS) is 11.8. The van der Waals surface area contributed by atoms with E-state index in [4.69, 9.17) is 4.74 Å². The molecule has 1 N–H and O–H groups in total. The maximum Gasteiger partial charge on any atom is 0.258 e. The molecule has 0 radical (unpaired) electrons. The van der Waals surface area contributed by atoms with E-state index in [9.17, 15) is 13.6 Å². The van der Waals surface area contributed by atoms with Crippen LogP contribution in [0.4, 0.5) is 8.78 Å². The lowest BCUT2D eigenvalue weighted by Gasteiger charge is -2.16. The van der Waals surface area contributed by atoms with Crippen molar-refractivity contribution in [3.8, 4) is 5.75 Å². The van der Waals surface area contributed by atoms with Crippen LogP contribution in [-0.2, 0) is 4.79 Å². The van der Waals surface area contributed by atoms with E-state index < -0.39 is 17.7 Å². The smallest absolute Gasteiger partial charge is 0.258 e. The summed E-state index contributed by atoms with van der Waals surface area (Å²) in [7, 11) is 0. The van der Waals surface area contributed by atoms with Crippen molar-refractivity contribution in [2.24, 2.45) is 0 Å². The van der Waals surface area contributed by atoms with Gasteiger partial charge in [-0.25, -0.2) is 8.78 Å². The number of para-hydroxylation sites is 1. The fourth-order valence-corrected chi connectivity index (χ4v) is 2.08. The number of ether oxygens (including phenoxy) is 1. The summed E-state index contributed by atoms with van der Waals surface area (Å²) in [6, 6.07) is 10.0. The summed E-state index contributed by atoms with van der Waals surface area (Å²) >= 11 is 0. The van der Waals surface area contributed by atoms with Crippen LogP contribution in [0.3, 0.4) is 0 Å². The van der Waals surface area contributed by atoms with Gasteiger partial charge in [-0.3, -0.25) is 4.79 Å². The van der Waals surface area contributed by atoms with E-state index in [-0.39, 0.29) is 18.1 Å². The third-order valence-corrected chi connectivity index (χ3v) is 3.26. The molecule has 22 heavy (non-hydrogen) atoms. The predicted molar refractivity (Wildman–Crippen MR) is 79.6 cm³/mol. The van der Waals surface area contributed by atoms with E-state index in [1.54, 1.807) is 13.0 Å². The van der Waals surface area contributed by atoms with E-state index in [1.807, 2.05) is 25.1 Å². The molecule has 0 aliphatic carbocycles. The first-order valence-corrected chi connectivity index (χ1v) is 6.90. The second kappa shape index (κ2) is 7.02. The Morgan fingerprint density at radius 1 is 1.23 bits per heavy atom. The quantitative estimate of drug-likeness (QED) is 0.917. The Kier molecular flexibility index (Phi) is 5.09. The maximum atomic E-state index is 13.6. The van der Waals surface area contributed by atoms with Gasteiger partial charge in [0.15, 0.2) is 6.61 Å². The zero-order valence-electron chi connectivity index (χ0n) is 12.4. The predicted octanol–water partition coefficient (Wildman–Crippen LogP) is 3.53. The number of carbonyl (C=O) groups is 1. The van der Waals surface area contributed by atoms with Crippen molar-refractivity contribution >= 4 is 5.91 Å². The molecule has 5 heteroatoms. The van der Waals surface area contributed by atoms with Crippen LogP contribution >= 0.6 is 0 Å². The highest BCUT2D eigenvalue weighted by Gasteiger charge is 2.14. The Hall–Kier alpha value is -2.43. The fourth-order valence-electron chi connectivity index (χ4n) is 2.08. The fraction of sp³-hybridized carbons (Fsp3) is 0.235. The van der Waals surface area contributed by atoms with Crippen LogP contribution in [0.2, 0.25) is 0 Å². The van der Waals surface area contributed by atoms with Crippen molar-refractivity contribution < 1.29 is 18.3 Å². The van der Waals surface area contributed by atoms with Crippen molar-refractivity contribution in [3.05, 3.63) is 65.2 Å². The molecule has 0 saturated heterocycles. The van der Waals surface area contributed by atoms with Gasteiger partial charge in [-0.2, -0.15) is 0 Å². The molecule has 0 saturated carbocycles. The van der Waals surface area contributed by atoms with E-state index in [0.717, 1.165) is 17.7 Å². The number of carbonyl (C=O) groups excluding carboxylic acids is 1. The van der Waals surface area contributed by atoms with E-state index >= 15 is 0 Å². The highest BCUT2D eigenvalue weighted by Crippen LogP contribution is 2.18. The Morgan fingerprint density at radius 2 is 1.95 bits per heavy atom. The van der Waals surface area contributed by atoms with Crippen LogP contribution in [0.15, 0.2) is 42.5 Å². The molecule has 1 atom stereocenters.